The van der Waals surface area contributed by atoms with Crippen molar-refractivity contribution in [3.8, 4) is 0 Å². The molecule has 2 amide bonds. The van der Waals surface area contributed by atoms with Crippen LogP contribution in [0.5, 0.6) is 0 Å². The van der Waals surface area contributed by atoms with Gasteiger partial charge in [0.1, 0.15) is 5.82 Å². The Hall–Kier alpha value is -1.95. The van der Waals surface area contributed by atoms with Gasteiger partial charge >= 0.3 is 0 Å². The molecule has 5 nitrogen and oxygen atoms in total. The third kappa shape index (κ3) is 3.90. The molecule has 1 heterocycles. The molecule has 2 unspecified atom stereocenters. The quantitative estimate of drug-likeness (QED) is 0.875. The molecule has 0 spiro atoms. The van der Waals surface area contributed by atoms with Gasteiger partial charge in [-0.05, 0) is 44.4 Å². The molecule has 1 aromatic rings. The second-order valence-corrected chi connectivity index (χ2v) is 7.51. The lowest BCUT2D eigenvalue weighted by Crippen LogP contribution is -2.51. The number of amides is 2. The van der Waals surface area contributed by atoms with Gasteiger partial charge in [0, 0.05) is 26.1 Å². The van der Waals surface area contributed by atoms with Crippen LogP contribution < -0.4 is 5.32 Å². The van der Waals surface area contributed by atoms with Crippen molar-refractivity contribution in [3.63, 3.8) is 0 Å². The van der Waals surface area contributed by atoms with E-state index in [4.69, 9.17) is 4.74 Å². The molecule has 2 aliphatic rings. The van der Waals surface area contributed by atoms with Gasteiger partial charge in [-0.15, -0.1) is 0 Å². The van der Waals surface area contributed by atoms with E-state index in [1.54, 1.807) is 11.0 Å². The van der Waals surface area contributed by atoms with Gasteiger partial charge in [-0.2, -0.15) is 0 Å². The Labute approximate surface area is 153 Å². The van der Waals surface area contributed by atoms with Crippen molar-refractivity contribution in [2.75, 3.05) is 19.6 Å². The van der Waals surface area contributed by atoms with E-state index >= 15 is 0 Å². The molecular formula is C20H27FN2O3. The van der Waals surface area contributed by atoms with Crippen molar-refractivity contribution < 1.29 is 18.7 Å². The summed E-state index contributed by atoms with van der Waals surface area (Å²) in [5.74, 6) is -0.404. The zero-order valence-electron chi connectivity index (χ0n) is 15.5. The van der Waals surface area contributed by atoms with Crippen LogP contribution in [-0.4, -0.2) is 48.6 Å². The Balaban J connectivity index is 1.54. The summed E-state index contributed by atoms with van der Waals surface area (Å²) < 4.78 is 19.2. The van der Waals surface area contributed by atoms with E-state index in [2.05, 4.69) is 5.32 Å². The van der Waals surface area contributed by atoms with Crippen molar-refractivity contribution in [1.29, 1.82) is 0 Å². The first-order valence-electron chi connectivity index (χ1n) is 9.38. The van der Waals surface area contributed by atoms with Crippen molar-refractivity contribution in [3.05, 3.63) is 35.6 Å². The number of ether oxygens (including phenoxy) is 1. The van der Waals surface area contributed by atoms with Gasteiger partial charge in [-0.1, -0.05) is 18.6 Å². The highest BCUT2D eigenvalue weighted by Gasteiger charge is 2.45. The van der Waals surface area contributed by atoms with Crippen LogP contribution in [0.4, 0.5) is 4.39 Å². The maximum absolute atomic E-state index is 13.6. The zero-order chi connectivity index (χ0) is 18.7. The molecule has 1 aromatic carbocycles. The van der Waals surface area contributed by atoms with Crippen LogP contribution in [-0.2, 0) is 19.7 Å². The van der Waals surface area contributed by atoms with Gasteiger partial charge in [0.05, 0.1) is 17.6 Å². The Morgan fingerprint density at radius 2 is 1.96 bits per heavy atom. The van der Waals surface area contributed by atoms with Crippen molar-refractivity contribution in [2.45, 2.75) is 57.2 Å². The lowest BCUT2D eigenvalue weighted by atomic mass is 9.64. The predicted molar refractivity (Wildman–Crippen MR) is 96.1 cm³/mol. The standard InChI is InChI=1S/C20H27FN2O3/c1-14-12-23(13-15(2)26-14)18(24)7-10-22-19(25)20(8-4-9-20)16-5-3-6-17(21)11-16/h3,5-6,11,14-15H,4,7-10,12-13H2,1-2H3,(H,22,25). The largest absolute Gasteiger partial charge is 0.372 e. The van der Waals surface area contributed by atoms with Gasteiger partial charge in [0.25, 0.3) is 0 Å². The third-order valence-electron chi connectivity index (χ3n) is 5.42. The molecule has 2 atom stereocenters. The smallest absolute Gasteiger partial charge is 0.230 e. The molecule has 3 rings (SSSR count). The molecular weight excluding hydrogens is 335 g/mol. The molecule has 26 heavy (non-hydrogen) atoms. The summed E-state index contributed by atoms with van der Waals surface area (Å²) in [5.41, 5.74) is 0.0797. The Bertz CT molecular complexity index is 665. The highest BCUT2D eigenvalue weighted by molar-refractivity contribution is 5.89. The minimum Gasteiger partial charge on any atom is -0.372 e. The highest BCUT2D eigenvalue weighted by atomic mass is 19.1. The molecule has 1 saturated heterocycles. The average Bonchev–Trinajstić information content (AvgIpc) is 2.53. The Morgan fingerprint density at radius 3 is 2.54 bits per heavy atom. The maximum Gasteiger partial charge on any atom is 0.230 e. The molecule has 142 valence electrons. The number of morpholine rings is 1. The minimum atomic E-state index is -0.646. The second-order valence-electron chi connectivity index (χ2n) is 7.51. The van der Waals surface area contributed by atoms with Gasteiger partial charge in [0.2, 0.25) is 11.8 Å². The number of halogens is 1. The molecule has 2 fully saturated rings. The number of hydrogen-bond donors (Lipinski definition) is 1. The molecule has 1 aliphatic heterocycles. The van der Waals surface area contributed by atoms with E-state index < -0.39 is 5.41 Å². The summed E-state index contributed by atoms with van der Waals surface area (Å²) in [6.45, 7) is 5.39. The SMILES string of the molecule is CC1CN(C(=O)CCNC(=O)C2(c3cccc(F)c3)CCC2)CC(C)O1. The molecule has 0 aromatic heterocycles. The maximum atomic E-state index is 13.6. The van der Waals surface area contributed by atoms with E-state index in [9.17, 15) is 14.0 Å². The minimum absolute atomic E-state index is 0.0284. The summed E-state index contributed by atoms with van der Waals surface area (Å²) in [6, 6.07) is 6.28. The van der Waals surface area contributed by atoms with E-state index in [1.165, 1.54) is 12.1 Å². The Morgan fingerprint density at radius 1 is 1.27 bits per heavy atom. The van der Waals surface area contributed by atoms with Gasteiger partial charge in [-0.3, -0.25) is 9.59 Å². The van der Waals surface area contributed by atoms with Gasteiger partial charge in [-0.25, -0.2) is 4.39 Å². The third-order valence-corrected chi connectivity index (χ3v) is 5.42. The van der Waals surface area contributed by atoms with Gasteiger partial charge < -0.3 is 15.0 Å². The fourth-order valence-corrected chi connectivity index (χ4v) is 3.96. The van der Waals surface area contributed by atoms with Crippen LogP contribution in [0.1, 0.15) is 45.1 Å². The monoisotopic (exact) mass is 362 g/mol. The van der Waals surface area contributed by atoms with E-state index in [0.29, 0.717) is 32.5 Å². The summed E-state index contributed by atoms with van der Waals surface area (Å²) in [4.78, 5) is 26.9. The molecule has 6 heteroatoms. The number of benzene rings is 1. The fraction of sp³-hybridized carbons (Fsp3) is 0.600. The first-order valence-corrected chi connectivity index (χ1v) is 9.38. The van der Waals surface area contributed by atoms with Gasteiger partial charge in [0.15, 0.2) is 0 Å². The van der Waals surface area contributed by atoms with Crippen LogP contribution in [0, 0.1) is 5.82 Å². The summed E-state index contributed by atoms with van der Waals surface area (Å²) >= 11 is 0. The number of carbonyl (C=O) groups excluding carboxylic acids is 2. The summed E-state index contributed by atoms with van der Waals surface area (Å²) in [6.07, 6.45) is 2.72. The average molecular weight is 362 g/mol. The number of rotatable bonds is 5. The predicted octanol–water partition coefficient (Wildman–Crippen LogP) is 2.39. The fourth-order valence-electron chi connectivity index (χ4n) is 3.96. The van der Waals surface area contributed by atoms with Crippen molar-refractivity contribution in [2.24, 2.45) is 0 Å². The normalized spacial score (nSPS) is 24.7. The number of nitrogens with zero attached hydrogens (tertiary/aromatic N) is 1. The van der Waals surface area contributed by atoms with Crippen LogP contribution >= 0.6 is 0 Å². The van der Waals surface area contributed by atoms with Crippen LogP contribution in [0.15, 0.2) is 24.3 Å². The number of nitrogens with one attached hydrogen (secondary N) is 1. The van der Waals surface area contributed by atoms with E-state index in [-0.39, 0.29) is 36.3 Å². The second kappa shape index (κ2) is 7.74. The highest BCUT2D eigenvalue weighted by Crippen LogP contribution is 2.44. The van der Waals surface area contributed by atoms with Crippen LogP contribution in [0.25, 0.3) is 0 Å². The summed E-state index contributed by atoms with van der Waals surface area (Å²) in [5, 5.41) is 2.90. The molecule has 0 radical (unpaired) electrons. The molecule has 0 bridgehead atoms. The molecule has 1 N–H and O–H groups in total. The molecule has 1 saturated carbocycles. The van der Waals surface area contributed by atoms with Crippen molar-refractivity contribution >= 4 is 11.8 Å². The topological polar surface area (TPSA) is 58.6 Å². The van der Waals surface area contributed by atoms with Crippen LogP contribution in [0.2, 0.25) is 0 Å². The first kappa shape index (κ1) is 18.8. The first-order chi connectivity index (χ1) is 12.4. The van der Waals surface area contributed by atoms with Crippen molar-refractivity contribution in [1.82, 2.24) is 10.2 Å². The summed E-state index contributed by atoms with van der Waals surface area (Å²) in [7, 11) is 0. The Kier molecular flexibility index (Phi) is 5.61. The van der Waals surface area contributed by atoms with Crippen LogP contribution in [0.3, 0.4) is 0 Å². The van der Waals surface area contributed by atoms with E-state index in [1.807, 2.05) is 19.9 Å². The molecule has 1 aliphatic carbocycles. The number of carbonyl (C=O) groups is 2. The lowest BCUT2D eigenvalue weighted by molar-refractivity contribution is -0.143. The van der Waals surface area contributed by atoms with E-state index in [0.717, 1.165) is 12.0 Å². The number of hydrogen-bond acceptors (Lipinski definition) is 3. The lowest BCUT2D eigenvalue weighted by Gasteiger charge is -2.40. The zero-order valence-corrected chi connectivity index (χ0v) is 15.5.